The molecule has 0 aromatic heterocycles. The van der Waals surface area contributed by atoms with Gasteiger partial charge in [0.15, 0.2) is 11.6 Å². The normalized spacial score (nSPS) is 10.2. The topological polar surface area (TPSA) is 67.4 Å². The molecule has 0 saturated heterocycles. The van der Waals surface area contributed by atoms with Crippen molar-refractivity contribution in [3.8, 4) is 5.75 Å². The zero-order valence-corrected chi connectivity index (χ0v) is 14.0. The number of aryl methyl sites for hydroxylation is 1. The van der Waals surface area contributed by atoms with Crippen LogP contribution in [0.15, 0.2) is 48.5 Å². The number of carbonyl (C=O) groups excluding carboxylic acids is 2. The lowest BCUT2D eigenvalue weighted by Crippen LogP contribution is -2.32. The zero-order chi connectivity index (χ0) is 18.1. The molecule has 0 aliphatic heterocycles. The van der Waals surface area contributed by atoms with Gasteiger partial charge in [0, 0.05) is 18.5 Å². The highest BCUT2D eigenvalue weighted by Gasteiger charge is 2.07. The number of hydrogen-bond acceptors (Lipinski definition) is 3. The van der Waals surface area contributed by atoms with Crippen LogP contribution in [0, 0.1) is 12.7 Å². The van der Waals surface area contributed by atoms with Crippen LogP contribution >= 0.6 is 0 Å². The zero-order valence-electron chi connectivity index (χ0n) is 14.0. The first-order chi connectivity index (χ1) is 12.1. The predicted octanol–water partition coefficient (Wildman–Crippen LogP) is 2.45. The van der Waals surface area contributed by atoms with E-state index in [0.29, 0.717) is 5.56 Å². The fourth-order valence-corrected chi connectivity index (χ4v) is 2.18. The van der Waals surface area contributed by atoms with E-state index in [1.165, 1.54) is 12.1 Å². The van der Waals surface area contributed by atoms with Gasteiger partial charge < -0.3 is 15.4 Å². The molecule has 2 aromatic carbocycles. The van der Waals surface area contributed by atoms with Gasteiger partial charge in [-0.25, -0.2) is 4.39 Å². The summed E-state index contributed by atoms with van der Waals surface area (Å²) in [5.74, 6) is -0.698. The van der Waals surface area contributed by atoms with Gasteiger partial charge in [-0.1, -0.05) is 29.8 Å². The van der Waals surface area contributed by atoms with Crippen molar-refractivity contribution < 1.29 is 18.7 Å². The number of halogens is 1. The summed E-state index contributed by atoms with van der Waals surface area (Å²) < 4.78 is 18.6. The Labute approximate surface area is 146 Å². The van der Waals surface area contributed by atoms with Crippen LogP contribution in [0.1, 0.15) is 22.3 Å². The molecule has 2 amide bonds. The molecular weight excluding hydrogens is 323 g/mol. The minimum absolute atomic E-state index is 0.155. The standard InChI is InChI=1S/C19H21FN2O3/c1-14-5-4-6-15(13-14)19(24)22-10-9-18(23)21-11-12-25-17-8-3-2-7-16(17)20/h2-8,13H,9-12H2,1H3,(H,21,23)(H,22,24). The van der Waals surface area contributed by atoms with Crippen LogP contribution in [0.3, 0.4) is 0 Å². The number of amides is 2. The Hall–Kier alpha value is -2.89. The van der Waals surface area contributed by atoms with Crippen LogP contribution in [0.2, 0.25) is 0 Å². The van der Waals surface area contributed by atoms with Crippen molar-refractivity contribution in [2.45, 2.75) is 13.3 Å². The van der Waals surface area contributed by atoms with Gasteiger partial charge in [-0.05, 0) is 31.2 Å². The highest BCUT2D eigenvalue weighted by atomic mass is 19.1. The van der Waals surface area contributed by atoms with Gasteiger partial charge in [-0.3, -0.25) is 9.59 Å². The molecule has 0 aliphatic carbocycles. The van der Waals surface area contributed by atoms with E-state index in [1.54, 1.807) is 24.3 Å². The van der Waals surface area contributed by atoms with Crippen molar-refractivity contribution in [1.29, 1.82) is 0 Å². The molecule has 0 atom stereocenters. The fraction of sp³-hybridized carbons (Fsp3) is 0.263. The lowest BCUT2D eigenvalue weighted by molar-refractivity contribution is -0.121. The minimum Gasteiger partial charge on any atom is -0.489 e. The van der Waals surface area contributed by atoms with Gasteiger partial charge in [0.2, 0.25) is 5.91 Å². The summed E-state index contributed by atoms with van der Waals surface area (Å²) >= 11 is 0. The van der Waals surface area contributed by atoms with E-state index in [1.807, 2.05) is 19.1 Å². The largest absolute Gasteiger partial charge is 0.489 e. The Bertz CT molecular complexity index is 734. The molecule has 0 fully saturated rings. The van der Waals surface area contributed by atoms with E-state index in [2.05, 4.69) is 10.6 Å². The molecule has 0 heterocycles. The van der Waals surface area contributed by atoms with Crippen molar-refractivity contribution in [1.82, 2.24) is 10.6 Å². The summed E-state index contributed by atoms with van der Waals surface area (Å²) in [6, 6.07) is 13.3. The third kappa shape index (κ3) is 6.25. The van der Waals surface area contributed by atoms with Crippen LogP contribution in [0.4, 0.5) is 4.39 Å². The molecule has 0 spiro atoms. The Morgan fingerprint density at radius 1 is 1.04 bits per heavy atom. The van der Waals surface area contributed by atoms with Gasteiger partial charge in [0.05, 0.1) is 6.54 Å². The van der Waals surface area contributed by atoms with E-state index < -0.39 is 5.82 Å². The third-order valence-electron chi connectivity index (χ3n) is 3.44. The molecule has 2 N–H and O–H groups in total. The molecule has 0 radical (unpaired) electrons. The fourth-order valence-electron chi connectivity index (χ4n) is 2.18. The van der Waals surface area contributed by atoms with Gasteiger partial charge in [0.25, 0.3) is 5.91 Å². The van der Waals surface area contributed by atoms with E-state index in [9.17, 15) is 14.0 Å². The lowest BCUT2D eigenvalue weighted by Gasteiger charge is -2.09. The predicted molar refractivity (Wildman–Crippen MR) is 93.0 cm³/mol. The van der Waals surface area contributed by atoms with Crippen molar-refractivity contribution in [2.24, 2.45) is 0 Å². The van der Waals surface area contributed by atoms with Crippen molar-refractivity contribution in [3.05, 3.63) is 65.5 Å². The van der Waals surface area contributed by atoms with Crippen molar-refractivity contribution >= 4 is 11.8 Å². The van der Waals surface area contributed by atoms with Crippen LogP contribution < -0.4 is 15.4 Å². The monoisotopic (exact) mass is 344 g/mol. The summed E-state index contributed by atoms with van der Waals surface area (Å²) in [6.45, 7) is 2.59. The van der Waals surface area contributed by atoms with Gasteiger partial charge >= 0.3 is 0 Å². The molecule has 0 bridgehead atoms. The Morgan fingerprint density at radius 3 is 2.60 bits per heavy atom. The van der Waals surface area contributed by atoms with Crippen LogP contribution in [0.25, 0.3) is 0 Å². The van der Waals surface area contributed by atoms with Crippen LogP contribution in [-0.4, -0.2) is 31.5 Å². The first-order valence-electron chi connectivity index (χ1n) is 8.05. The maximum absolute atomic E-state index is 13.3. The van der Waals surface area contributed by atoms with E-state index in [4.69, 9.17) is 4.74 Å². The maximum Gasteiger partial charge on any atom is 0.251 e. The first-order valence-corrected chi connectivity index (χ1v) is 8.05. The van der Waals surface area contributed by atoms with Gasteiger partial charge in [-0.15, -0.1) is 0 Å². The highest BCUT2D eigenvalue weighted by Crippen LogP contribution is 2.14. The van der Waals surface area contributed by atoms with Gasteiger partial charge in [0.1, 0.15) is 6.61 Å². The molecule has 2 aromatic rings. The summed E-state index contributed by atoms with van der Waals surface area (Å²) in [5, 5.41) is 5.36. The van der Waals surface area contributed by atoms with Crippen LogP contribution in [-0.2, 0) is 4.79 Å². The maximum atomic E-state index is 13.3. The van der Waals surface area contributed by atoms with E-state index >= 15 is 0 Å². The Balaban J connectivity index is 1.61. The summed E-state index contributed by atoms with van der Waals surface area (Å²) in [5.41, 5.74) is 1.57. The van der Waals surface area contributed by atoms with Crippen LogP contribution in [0.5, 0.6) is 5.75 Å². The Kier molecular flexibility index (Phi) is 6.95. The highest BCUT2D eigenvalue weighted by molar-refractivity contribution is 5.94. The molecule has 5 nitrogen and oxygen atoms in total. The molecular formula is C19H21FN2O3. The number of para-hydroxylation sites is 1. The first kappa shape index (κ1) is 18.4. The Morgan fingerprint density at radius 2 is 1.84 bits per heavy atom. The van der Waals surface area contributed by atoms with Gasteiger partial charge in [-0.2, -0.15) is 0 Å². The number of hydrogen-bond donors (Lipinski definition) is 2. The number of carbonyl (C=O) groups is 2. The van der Waals surface area contributed by atoms with E-state index in [0.717, 1.165) is 5.56 Å². The summed E-state index contributed by atoms with van der Waals surface area (Å²) in [7, 11) is 0. The van der Waals surface area contributed by atoms with E-state index in [-0.39, 0.29) is 43.7 Å². The van der Waals surface area contributed by atoms with Crippen molar-refractivity contribution in [3.63, 3.8) is 0 Å². The second-order valence-corrected chi connectivity index (χ2v) is 5.50. The molecule has 25 heavy (non-hydrogen) atoms. The smallest absolute Gasteiger partial charge is 0.251 e. The second kappa shape index (κ2) is 9.42. The number of rotatable bonds is 8. The number of benzene rings is 2. The average molecular weight is 344 g/mol. The average Bonchev–Trinajstić information content (AvgIpc) is 2.60. The number of nitrogens with one attached hydrogen (secondary N) is 2. The lowest BCUT2D eigenvalue weighted by atomic mass is 10.1. The second-order valence-electron chi connectivity index (χ2n) is 5.50. The molecule has 132 valence electrons. The molecule has 6 heteroatoms. The quantitative estimate of drug-likeness (QED) is 0.723. The molecule has 0 saturated carbocycles. The SMILES string of the molecule is Cc1cccc(C(=O)NCCC(=O)NCCOc2ccccc2F)c1. The molecule has 2 rings (SSSR count). The molecule has 0 aliphatic rings. The summed E-state index contributed by atoms with van der Waals surface area (Å²) in [4.78, 5) is 23.6. The summed E-state index contributed by atoms with van der Waals surface area (Å²) in [6.07, 6.45) is 0.164. The van der Waals surface area contributed by atoms with Crippen molar-refractivity contribution in [2.75, 3.05) is 19.7 Å². The number of ether oxygens (including phenoxy) is 1. The third-order valence-corrected chi connectivity index (χ3v) is 3.44. The molecule has 0 unspecified atom stereocenters. The minimum atomic E-state index is -0.437.